The zero-order chi connectivity index (χ0) is 17.5. The van der Waals surface area contributed by atoms with E-state index in [-0.39, 0.29) is 5.91 Å². The number of nitrogens with zero attached hydrogens (tertiary/aromatic N) is 1. The van der Waals surface area contributed by atoms with Crippen LogP contribution in [0, 0.1) is 0 Å². The van der Waals surface area contributed by atoms with E-state index in [2.05, 4.69) is 35.2 Å². The van der Waals surface area contributed by atoms with Gasteiger partial charge in [0.1, 0.15) is 5.75 Å². The second kappa shape index (κ2) is 8.70. The number of hydrogen-bond acceptors (Lipinski definition) is 2. The van der Waals surface area contributed by atoms with Crippen LogP contribution in [0.25, 0.3) is 0 Å². The van der Waals surface area contributed by atoms with Gasteiger partial charge in [-0.3, -0.25) is 4.79 Å². The lowest BCUT2D eigenvalue weighted by Crippen LogP contribution is -2.34. The molecule has 0 aromatic heterocycles. The monoisotopic (exact) mass is 337 g/mol. The van der Waals surface area contributed by atoms with Crippen LogP contribution in [0.3, 0.4) is 0 Å². The molecule has 25 heavy (non-hydrogen) atoms. The van der Waals surface area contributed by atoms with Crippen LogP contribution in [0.2, 0.25) is 0 Å². The molecule has 0 radical (unpaired) electrons. The number of ether oxygens (including phenoxy) is 1. The molecule has 132 valence electrons. The molecule has 1 amide bonds. The highest BCUT2D eigenvalue weighted by atomic mass is 16.5. The molecular weight excluding hydrogens is 310 g/mol. The van der Waals surface area contributed by atoms with Gasteiger partial charge in [-0.25, -0.2) is 0 Å². The second-order valence-corrected chi connectivity index (χ2v) is 6.79. The third-order valence-electron chi connectivity index (χ3n) is 5.08. The number of likely N-dealkylation sites (tertiary alicyclic amines) is 1. The third-order valence-corrected chi connectivity index (χ3v) is 5.08. The first-order valence-electron chi connectivity index (χ1n) is 9.22. The Morgan fingerprint density at radius 3 is 2.56 bits per heavy atom. The number of aryl methyl sites for hydroxylation is 1. The maximum Gasteiger partial charge on any atom is 0.222 e. The molecule has 3 rings (SSSR count). The molecule has 0 spiro atoms. The van der Waals surface area contributed by atoms with Crippen molar-refractivity contribution in [2.24, 2.45) is 0 Å². The highest BCUT2D eigenvalue weighted by molar-refractivity contribution is 5.76. The van der Waals surface area contributed by atoms with Crippen molar-refractivity contribution in [3.63, 3.8) is 0 Å². The standard InChI is InChI=1S/C22H27NO2/c1-25-21-13-10-18(11-14-21)12-15-22(24)23-16-6-5-9-20(17-23)19-7-3-2-4-8-19/h2-4,7-8,10-11,13-14,20H,5-6,9,12,15-17H2,1H3. The Morgan fingerprint density at radius 1 is 1.08 bits per heavy atom. The van der Waals surface area contributed by atoms with Gasteiger partial charge < -0.3 is 9.64 Å². The smallest absolute Gasteiger partial charge is 0.222 e. The van der Waals surface area contributed by atoms with Gasteiger partial charge in [0.15, 0.2) is 0 Å². The average Bonchev–Trinajstić information content (AvgIpc) is 2.93. The van der Waals surface area contributed by atoms with Crippen molar-refractivity contribution in [2.75, 3.05) is 20.2 Å². The van der Waals surface area contributed by atoms with Gasteiger partial charge in [0.2, 0.25) is 5.91 Å². The average molecular weight is 337 g/mol. The Morgan fingerprint density at radius 2 is 1.84 bits per heavy atom. The lowest BCUT2D eigenvalue weighted by molar-refractivity contribution is -0.131. The fourth-order valence-electron chi connectivity index (χ4n) is 3.57. The van der Waals surface area contributed by atoms with Crippen molar-refractivity contribution in [2.45, 2.75) is 38.0 Å². The Hall–Kier alpha value is -2.29. The lowest BCUT2D eigenvalue weighted by atomic mass is 9.94. The van der Waals surface area contributed by atoms with Crippen LogP contribution in [0.5, 0.6) is 5.75 Å². The summed E-state index contributed by atoms with van der Waals surface area (Å²) in [6.45, 7) is 1.75. The normalized spacial score (nSPS) is 17.8. The number of benzene rings is 2. The lowest BCUT2D eigenvalue weighted by Gasteiger charge is -2.25. The van der Waals surface area contributed by atoms with Crippen molar-refractivity contribution in [1.29, 1.82) is 0 Å². The molecule has 2 aromatic rings. The van der Waals surface area contributed by atoms with E-state index in [1.807, 2.05) is 24.3 Å². The summed E-state index contributed by atoms with van der Waals surface area (Å²) in [5.41, 5.74) is 2.54. The van der Waals surface area contributed by atoms with Crippen LogP contribution in [-0.4, -0.2) is 31.0 Å². The van der Waals surface area contributed by atoms with Crippen LogP contribution in [-0.2, 0) is 11.2 Å². The molecule has 0 N–H and O–H groups in total. The summed E-state index contributed by atoms with van der Waals surface area (Å²) >= 11 is 0. The summed E-state index contributed by atoms with van der Waals surface area (Å²) < 4.78 is 5.18. The Labute approximate surface area is 150 Å². The van der Waals surface area contributed by atoms with Crippen molar-refractivity contribution in [3.8, 4) is 5.75 Å². The largest absolute Gasteiger partial charge is 0.497 e. The fraction of sp³-hybridized carbons (Fsp3) is 0.409. The predicted molar refractivity (Wildman–Crippen MR) is 101 cm³/mol. The van der Waals surface area contributed by atoms with Gasteiger partial charge in [-0.05, 0) is 42.5 Å². The predicted octanol–water partition coefficient (Wildman–Crippen LogP) is 4.42. The van der Waals surface area contributed by atoms with E-state index in [4.69, 9.17) is 4.74 Å². The van der Waals surface area contributed by atoms with Gasteiger partial charge >= 0.3 is 0 Å². The summed E-state index contributed by atoms with van der Waals surface area (Å²) in [7, 11) is 1.67. The fourth-order valence-corrected chi connectivity index (χ4v) is 3.57. The molecule has 1 unspecified atom stereocenters. The molecule has 3 heteroatoms. The van der Waals surface area contributed by atoms with E-state index in [0.29, 0.717) is 12.3 Å². The van der Waals surface area contributed by atoms with Crippen LogP contribution < -0.4 is 4.74 Å². The zero-order valence-electron chi connectivity index (χ0n) is 15.0. The number of carbonyl (C=O) groups is 1. The van der Waals surface area contributed by atoms with E-state index in [0.717, 1.165) is 31.7 Å². The van der Waals surface area contributed by atoms with Gasteiger partial charge in [0.05, 0.1) is 7.11 Å². The molecule has 1 atom stereocenters. The summed E-state index contributed by atoms with van der Waals surface area (Å²) in [5, 5.41) is 0. The number of amides is 1. The van der Waals surface area contributed by atoms with Gasteiger partial charge in [0, 0.05) is 25.4 Å². The number of hydrogen-bond donors (Lipinski definition) is 0. The molecule has 1 saturated heterocycles. The van der Waals surface area contributed by atoms with Crippen LogP contribution in [0.1, 0.15) is 42.7 Å². The SMILES string of the molecule is COc1ccc(CCC(=O)N2CCCCC(c3ccccc3)C2)cc1. The molecule has 1 fully saturated rings. The van der Waals surface area contributed by atoms with Crippen molar-refractivity contribution >= 4 is 5.91 Å². The Balaban J connectivity index is 1.58. The minimum absolute atomic E-state index is 0.277. The van der Waals surface area contributed by atoms with E-state index >= 15 is 0 Å². The van der Waals surface area contributed by atoms with Gasteiger partial charge in [0.25, 0.3) is 0 Å². The topological polar surface area (TPSA) is 29.5 Å². The van der Waals surface area contributed by atoms with Gasteiger partial charge in [-0.2, -0.15) is 0 Å². The Kier molecular flexibility index (Phi) is 6.10. The highest BCUT2D eigenvalue weighted by Crippen LogP contribution is 2.26. The molecule has 1 aliphatic heterocycles. The molecule has 0 bridgehead atoms. The van der Waals surface area contributed by atoms with E-state index in [1.165, 1.54) is 24.0 Å². The molecule has 3 nitrogen and oxygen atoms in total. The molecule has 0 saturated carbocycles. The summed E-state index contributed by atoms with van der Waals surface area (Å²) in [4.78, 5) is 14.8. The zero-order valence-corrected chi connectivity index (χ0v) is 15.0. The second-order valence-electron chi connectivity index (χ2n) is 6.79. The molecule has 1 aliphatic rings. The van der Waals surface area contributed by atoms with E-state index < -0.39 is 0 Å². The Bertz CT molecular complexity index is 666. The molecule has 0 aliphatic carbocycles. The van der Waals surface area contributed by atoms with E-state index in [1.54, 1.807) is 7.11 Å². The molecule has 2 aromatic carbocycles. The summed E-state index contributed by atoms with van der Waals surface area (Å²) in [6.07, 6.45) is 4.84. The number of rotatable bonds is 5. The quantitative estimate of drug-likeness (QED) is 0.808. The van der Waals surface area contributed by atoms with Crippen LogP contribution in [0.15, 0.2) is 54.6 Å². The van der Waals surface area contributed by atoms with Gasteiger partial charge in [-0.1, -0.05) is 48.9 Å². The van der Waals surface area contributed by atoms with Crippen molar-refractivity contribution < 1.29 is 9.53 Å². The van der Waals surface area contributed by atoms with Gasteiger partial charge in [-0.15, -0.1) is 0 Å². The minimum Gasteiger partial charge on any atom is -0.497 e. The minimum atomic E-state index is 0.277. The number of methoxy groups -OCH3 is 1. The highest BCUT2D eigenvalue weighted by Gasteiger charge is 2.22. The van der Waals surface area contributed by atoms with Crippen molar-refractivity contribution in [3.05, 3.63) is 65.7 Å². The van der Waals surface area contributed by atoms with Crippen LogP contribution in [0.4, 0.5) is 0 Å². The molecule has 1 heterocycles. The van der Waals surface area contributed by atoms with Crippen molar-refractivity contribution in [1.82, 2.24) is 4.90 Å². The molecular formula is C22H27NO2. The van der Waals surface area contributed by atoms with E-state index in [9.17, 15) is 4.79 Å². The summed E-state index contributed by atoms with van der Waals surface area (Å²) in [5.74, 6) is 1.60. The first kappa shape index (κ1) is 17.5. The first-order chi connectivity index (χ1) is 12.3. The maximum atomic E-state index is 12.7. The maximum absolute atomic E-state index is 12.7. The third kappa shape index (κ3) is 4.85. The first-order valence-corrected chi connectivity index (χ1v) is 9.22. The van der Waals surface area contributed by atoms with Crippen LogP contribution >= 0.6 is 0 Å². The summed E-state index contributed by atoms with van der Waals surface area (Å²) in [6, 6.07) is 18.6. The number of carbonyl (C=O) groups excluding carboxylic acids is 1.